The quantitative estimate of drug-likeness (QED) is 0.621. The van der Waals surface area contributed by atoms with E-state index in [1.54, 1.807) is 11.9 Å². The maximum absolute atomic E-state index is 12.1. The van der Waals surface area contributed by atoms with Crippen molar-refractivity contribution in [3.05, 3.63) is 21.6 Å². The van der Waals surface area contributed by atoms with Crippen LogP contribution in [0.1, 0.15) is 48.1 Å². The fourth-order valence-corrected chi connectivity index (χ4v) is 2.77. The molecular weight excluding hydrogens is 326 g/mol. The van der Waals surface area contributed by atoms with Crippen molar-refractivity contribution in [3.8, 4) is 11.8 Å². The lowest BCUT2D eigenvalue weighted by molar-refractivity contribution is 0.0607. The smallest absolute Gasteiger partial charge is 0.350 e. The standard InChI is InChI=1S/C17H21N3O3S/c1-7-13-18-16(23-19-13)20(5)12-10-11(8-9-17(2,3)4)24-14(12)15(21)22-6/h10H,7H2,1-6H3. The number of aromatic nitrogens is 2. The monoisotopic (exact) mass is 347 g/mol. The molecule has 0 spiro atoms. The molecule has 0 radical (unpaired) electrons. The van der Waals surface area contributed by atoms with Crippen molar-refractivity contribution in [2.24, 2.45) is 5.41 Å². The van der Waals surface area contributed by atoms with Gasteiger partial charge < -0.3 is 9.26 Å². The molecule has 2 aromatic heterocycles. The zero-order valence-electron chi connectivity index (χ0n) is 14.8. The van der Waals surface area contributed by atoms with Gasteiger partial charge in [-0.2, -0.15) is 4.98 Å². The van der Waals surface area contributed by atoms with E-state index in [2.05, 4.69) is 22.0 Å². The van der Waals surface area contributed by atoms with Crippen LogP contribution in [0.15, 0.2) is 10.6 Å². The molecule has 0 aliphatic rings. The summed E-state index contributed by atoms with van der Waals surface area (Å²) in [5.74, 6) is 6.48. The van der Waals surface area contributed by atoms with Gasteiger partial charge in [0.1, 0.15) is 4.88 Å². The lowest BCUT2D eigenvalue weighted by Gasteiger charge is -2.13. The first-order valence-electron chi connectivity index (χ1n) is 7.56. The summed E-state index contributed by atoms with van der Waals surface area (Å²) in [4.78, 5) is 19.3. The minimum absolute atomic E-state index is 0.121. The lowest BCUT2D eigenvalue weighted by atomic mass is 9.98. The third kappa shape index (κ3) is 4.15. The van der Waals surface area contributed by atoms with Crippen LogP contribution >= 0.6 is 11.3 Å². The van der Waals surface area contributed by atoms with Crippen LogP contribution in [0.3, 0.4) is 0 Å². The average Bonchev–Trinajstić information content (AvgIpc) is 3.17. The summed E-state index contributed by atoms with van der Waals surface area (Å²) in [5, 5.41) is 3.88. The molecule has 0 saturated carbocycles. The van der Waals surface area contributed by atoms with Gasteiger partial charge in [0.2, 0.25) is 0 Å². The second-order valence-corrected chi connectivity index (χ2v) is 7.27. The van der Waals surface area contributed by atoms with Crippen LogP contribution < -0.4 is 4.90 Å². The van der Waals surface area contributed by atoms with Crippen LogP contribution in [0.4, 0.5) is 11.7 Å². The number of hydrogen-bond donors (Lipinski definition) is 0. The highest BCUT2D eigenvalue weighted by Crippen LogP contribution is 2.33. The zero-order valence-corrected chi connectivity index (χ0v) is 15.6. The Morgan fingerprint density at radius 3 is 2.71 bits per heavy atom. The molecular formula is C17H21N3O3S. The molecule has 0 aliphatic carbocycles. The topological polar surface area (TPSA) is 68.5 Å². The highest BCUT2D eigenvalue weighted by Gasteiger charge is 2.23. The molecule has 6 nitrogen and oxygen atoms in total. The van der Waals surface area contributed by atoms with Crippen molar-refractivity contribution >= 4 is 29.0 Å². The molecule has 2 aromatic rings. The molecule has 0 atom stereocenters. The van der Waals surface area contributed by atoms with Gasteiger partial charge >= 0.3 is 12.0 Å². The van der Waals surface area contributed by atoms with E-state index in [0.717, 1.165) is 4.88 Å². The Morgan fingerprint density at radius 2 is 2.17 bits per heavy atom. The van der Waals surface area contributed by atoms with E-state index in [4.69, 9.17) is 9.26 Å². The number of nitrogens with zero attached hydrogens (tertiary/aromatic N) is 3. The minimum atomic E-state index is -0.416. The van der Waals surface area contributed by atoms with Crippen LogP contribution in [-0.2, 0) is 11.2 Å². The van der Waals surface area contributed by atoms with Gasteiger partial charge in [0.25, 0.3) is 0 Å². The van der Waals surface area contributed by atoms with Crippen LogP contribution in [0, 0.1) is 17.3 Å². The molecule has 0 fully saturated rings. The third-order valence-electron chi connectivity index (χ3n) is 3.07. The van der Waals surface area contributed by atoms with E-state index in [0.29, 0.717) is 28.8 Å². The maximum Gasteiger partial charge on any atom is 0.350 e. The van der Waals surface area contributed by atoms with Crippen molar-refractivity contribution in [3.63, 3.8) is 0 Å². The van der Waals surface area contributed by atoms with Gasteiger partial charge in [-0.25, -0.2) is 4.79 Å². The van der Waals surface area contributed by atoms with Crippen molar-refractivity contribution in [1.82, 2.24) is 10.1 Å². The summed E-state index contributed by atoms with van der Waals surface area (Å²) in [6, 6.07) is 2.16. The first-order chi connectivity index (χ1) is 11.2. The number of ether oxygens (including phenoxy) is 1. The Kier molecular flexibility index (Phi) is 5.30. The van der Waals surface area contributed by atoms with E-state index in [1.165, 1.54) is 18.4 Å². The first-order valence-corrected chi connectivity index (χ1v) is 8.38. The van der Waals surface area contributed by atoms with Crippen LogP contribution in [0.5, 0.6) is 0 Å². The lowest BCUT2D eigenvalue weighted by Crippen LogP contribution is -2.13. The number of carbonyl (C=O) groups is 1. The van der Waals surface area contributed by atoms with Gasteiger partial charge in [-0.05, 0) is 26.8 Å². The fourth-order valence-electron chi connectivity index (χ4n) is 1.81. The summed E-state index contributed by atoms with van der Waals surface area (Å²) in [6.45, 7) is 8.05. The van der Waals surface area contributed by atoms with Crippen molar-refractivity contribution in [1.29, 1.82) is 0 Å². The van der Waals surface area contributed by atoms with E-state index >= 15 is 0 Å². The number of esters is 1. The fraction of sp³-hybridized carbons (Fsp3) is 0.471. The molecule has 0 saturated heterocycles. The van der Waals surface area contributed by atoms with Gasteiger partial charge in [0.15, 0.2) is 5.82 Å². The van der Waals surface area contributed by atoms with Gasteiger partial charge in [0.05, 0.1) is 17.7 Å². The summed E-state index contributed by atoms with van der Waals surface area (Å²) in [5.41, 5.74) is 0.514. The highest BCUT2D eigenvalue weighted by atomic mass is 32.1. The molecule has 24 heavy (non-hydrogen) atoms. The van der Waals surface area contributed by atoms with Gasteiger partial charge in [-0.15, -0.1) is 11.3 Å². The summed E-state index contributed by atoms with van der Waals surface area (Å²) < 4.78 is 10.1. The predicted molar refractivity (Wildman–Crippen MR) is 93.7 cm³/mol. The van der Waals surface area contributed by atoms with E-state index in [-0.39, 0.29) is 5.41 Å². The van der Waals surface area contributed by atoms with Crippen LogP contribution in [-0.4, -0.2) is 30.3 Å². The molecule has 2 rings (SSSR count). The Bertz CT molecular complexity index is 790. The van der Waals surface area contributed by atoms with Crippen molar-refractivity contribution in [2.75, 3.05) is 19.1 Å². The normalized spacial score (nSPS) is 10.9. The van der Waals surface area contributed by atoms with Crippen LogP contribution in [0.25, 0.3) is 0 Å². The highest BCUT2D eigenvalue weighted by molar-refractivity contribution is 7.15. The molecule has 7 heteroatoms. The summed E-state index contributed by atoms with van der Waals surface area (Å²) >= 11 is 1.29. The van der Waals surface area contributed by atoms with Gasteiger partial charge in [0, 0.05) is 18.9 Å². The Labute approximate surface area is 145 Å². The number of aryl methyl sites for hydroxylation is 1. The molecule has 0 unspecified atom stereocenters. The predicted octanol–water partition coefficient (Wildman–Crippen LogP) is 3.65. The van der Waals surface area contributed by atoms with E-state index in [1.807, 2.05) is 33.8 Å². The molecule has 0 bridgehead atoms. The Morgan fingerprint density at radius 1 is 1.46 bits per heavy atom. The maximum atomic E-state index is 12.1. The second-order valence-electron chi connectivity index (χ2n) is 6.22. The van der Waals surface area contributed by atoms with E-state index < -0.39 is 5.97 Å². The number of hydrogen-bond acceptors (Lipinski definition) is 7. The Hall–Kier alpha value is -2.33. The zero-order chi connectivity index (χ0) is 17.9. The molecule has 0 amide bonds. The van der Waals surface area contributed by atoms with Gasteiger partial charge in [-0.3, -0.25) is 4.90 Å². The molecule has 0 N–H and O–H groups in total. The van der Waals surface area contributed by atoms with Crippen LogP contribution in [0.2, 0.25) is 0 Å². The summed E-state index contributed by atoms with van der Waals surface area (Å²) in [7, 11) is 3.12. The molecule has 0 aliphatic heterocycles. The van der Waals surface area contributed by atoms with E-state index in [9.17, 15) is 4.79 Å². The molecule has 128 valence electrons. The molecule has 0 aromatic carbocycles. The Balaban J connectivity index is 2.44. The second kappa shape index (κ2) is 7.05. The minimum Gasteiger partial charge on any atom is -0.465 e. The SMILES string of the molecule is CCc1noc(N(C)c2cc(C#CC(C)(C)C)sc2C(=O)OC)n1. The number of carbonyl (C=O) groups excluding carboxylic acids is 1. The number of anilines is 2. The number of thiophene rings is 1. The van der Waals surface area contributed by atoms with Gasteiger partial charge in [-0.1, -0.05) is 23.9 Å². The number of methoxy groups -OCH3 is 1. The van der Waals surface area contributed by atoms with Crippen molar-refractivity contribution in [2.45, 2.75) is 34.1 Å². The van der Waals surface area contributed by atoms with Crippen molar-refractivity contribution < 1.29 is 14.1 Å². The molecule has 2 heterocycles. The summed E-state index contributed by atoms with van der Waals surface area (Å²) in [6.07, 6.45) is 0.674. The largest absolute Gasteiger partial charge is 0.465 e. The third-order valence-corrected chi connectivity index (χ3v) is 4.09. The average molecular weight is 347 g/mol. The number of rotatable bonds is 4. The first kappa shape index (κ1) is 18.0.